The highest BCUT2D eigenvalue weighted by molar-refractivity contribution is 5.99. The molecule has 1 rings (SSSR count). The van der Waals surface area contributed by atoms with Gasteiger partial charge in [-0.3, -0.25) is 9.59 Å². The Kier molecular flexibility index (Phi) is 18.3. The molecule has 0 amide bonds. The molecule has 0 unspecified atom stereocenters. The van der Waals surface area contributed by atoms with Gasteiger partial charge in [0.2, 0.25) is 0 Å². The van der Waals surface area contributed by atoms with Gasteiger partial charge in [0.15, 0.2) is 5.41 Å². The molecule has 212 valence electrons. The van der Waals surface area contributed by atoms with E-state index in [0.717, 1.165) is 25.7 Å². The third-order valence-corrected chi connectivity index (χ3v) is 8.79. The van der Waals surface area contributed by atoms with E-state index in [4.69, 9.17) is 0 Å². The molecular formula is C32H60O4. The second kappa shape index (κ2) is 20.0. The number of carboxylic acid groups (broad SMARTS) is 2. The van der Waals surface area contributed by atoms with Gasteiger partial charge in [0.25, 0.3) is 0 Å². The van der Waals surface area contributed by atoms with Crippen LogP contribution in [0.1, 0.15) is 181 Å². The Morgan fingerprint density at radius 2 is 0.722 bits per heavy atom. The lowest BCUT2D eigenvalue weighted by Gasteiger charge is -2.52. The Morgan fingerprint density at radius 3 is 0.972 bits per heavy atom. The maximum absolute atomic E-state index is 11.8. The molecule has 0 aliphatic heterocycles. The Morgan fingerprint density at radius 1 is 0.472 bits per heavy atom. The summed E-state index contributed by atoms with van der Waals surface area (Å²) in [4.78, 5) is 23.5. The number of carboxylic acids is 2. The van der Waals surface area contributed by atoms with Crippen LogP contribution in [0.3, 0.4) is 0 Å². The third kappa shape index (κ3) is 13.0. The number of unbranched alkanes of at least 4 members (excludes halogenated alkanes) is 20. The highest BCUT2D eigenvalue weighted by Gasteiger charge is 2.63. The van der Waals surface area contributed by atoms with Crippen LogP contribution >= 0.6 is 0 Å². The average Bonchev–Trinajstić information content (AvgIpc) is 2.82. The molecule has 0 saturated heterocycles. The topological polar surface area (TPSA) is 74.6 Å². The van der Waals surface area contributed by atoms with Crippen molar-refractivity contribution in [1.29, 1.82) is 0 Å². The lowest BCUT2D eigenvalue weighted by molar-refractivity contribution is -0.185. The van der Waals surface area contributed by atoms with E-state index in [0.29, 0.717) is 12.8 Å². The smallest absolute Gasteiger partial charge is 0.321 e. The van der Waals surface area contributed by atoms with Crippen molar-refractivity contribution in [2.45, 2.75) is 181 Å². The summed E-state index contributed by atoms with van der Waals surface area (Å²) in [6.45, 7) is 4.52. The van der Waals surface area contributed by atoms with Crippen LogP contribution in [0.5, 0.6) is 0 Å². The van der Waals surface area contributed by atoms with Crippen molar-refractivity contribution in [3.8, 4) is 0 Å². The van der Waals surface area contributed by atoms with Gasteiger partial charge in [-0.05, 0) is 31.1 Å². The minimum Gasteiger partial charge on any atom is -0.480 e. The van der Waals surface area contributed by atoms with Crippen LogP contribution < -0.4 is 0 Å². The molecule has 1 fully saturated rings. The molecule has 1 saturated carbocycles. The van der Waals surface area contributed by atoms with Gasteiger partial charge in [-0.15, -0.1) is 0 Å². The first-order valence-corrected chi connectivity index (χ1v) is 15.9. The van der Waals surface area contributed by atoms with Crippen LogP contribution in [0.2, 0.25) is 0 Å². The molecule has 2 N–H and O–H groups in total. The quantitative estimate of drug-likeness (QED) is 0.0900. The Labute approximate surface area is 223 Å². The van der Waals surface area contributed by atoms with E-state index in [1.165, 1.54) is 128 Å². The zero-order valence-corrected chi connectivity index (χ0v) is 24.1. The lowest BCUT2D eigenvalue weighted by Crippen LogP contribution is -2.56. The number of carbonyl (C=O) groups is 2. The Hall–Kier alpha value is -1.06. The van der Waals surface area contributed by atoms with Gasteiger partial charge >= 0.3 is 11.9 Å². The van der Waals surface area contributed by atoms with Gasteiger partial charge in [0.05, 0.1) is 0 Å². The van der Waals surface area contributed by atoms with E-state index in [2.05, 4.69) is 13.8 Å². The van der Waals surface area contributed by atoms with Gasteiger partial charge in [-0.2, -0.15) is 0 Å². The fraction of sp³-hybridized carbons (Fsp3) is 0.938. The molecule has 0 atom stereocenters. The molecule has 4 heteroatoms. The van der Waals surface area contributed by atoms with E-state index in [-0.39, 0.29) is 5.41 Å². The third-order valence-electron chi connectivity index (χ3n) is 8.79. The van der Waals surface area contributed by atoms with E-state index in [9.17, 15) is 19.8 Å². The van der Waals surface area contributed by atoms with Crippen molar-refractivity contribution in [2.24, 2.45) is 10.8 Å². The van der Waals surface area contributed by atoms with E-state index in [1.807, 2.05) is 0 Å². The highest BCUT2D eigenvalue weighted by atomic mass is 16.4. The molecule has 4 nitrogen and oxygen atoms in total. The first kappa shape index (κ1) is 33.0. The molecule has 0 aromatic rings. The molecular weight excluding hydrogens is 448 g/mol. The molecule has 36 heavy (non-hydrogen) atoms. The fourth-order valence-electron chi connectivity index (χ4n) is 6.43. The standard InChI is InChI=1S/C32H60O4/c1-3-5-7-9-11-13-15-17-19-21-23-25-31(27-32(28-31,29(33)34)30(35)36)26-24-22-20-18-16-14-12-10-8-6-4-2/h3-28H2,1-2H3,(H,33,34)(H,35,36). The minimum absolute atomic E-state index is 0.0602. The summed E-state index contributed by atoms with van der Waals surface area (Å²) in [5.41, 5.74) is -1.59. The summed E-state index contributed by atoms with van der Waals surface area (Å²) in [6.07, 6.45) is 31.4. The zero-order chi connectivity index (χ0) is 26.5. The molecule has 1 aliphatic carbocycles. The highest BCUT2D eigenvalue weighted by Crippen LogP contribution is 2.60. The summed E-state index contributed by atoms with van der Waals surface area (Å²) in [7, 11) is 0. The van der Waals surface area contributed by atoms with Crippen LogP contribution in [-0.2, 0) is 9.59 Å². The van der Waals surface area contributed by atoms with E-state index in [1.54, 1.807) is 0 Å². The van der Waals surface area contributed by atoms with Gasteiger partial charge in [0, 0.05) is 0 Å². The molecule has 0 bridgehead atoms. The SMILES string of the molecule is CCCCCCCCCCCCCC1(CCCCCCCCCCCCC)CC(C(=O)O)(C(=O)O)C1. The summed E-state index contributed by atoms with van der Waals surface area (Å²) in [6, 6.07) is 0. The van der Waals surface area contributed by atoms with Crippen LogP contribution in [0, 0.1) is 10.8 Å². The summed E-state index contributed by atoms with van der Waals surface area (Å²) < 4.78 is 0. The van der Waals surface area contributed by atoms with Gasteiger partial charge < -0.3 is 10.2 Å². The largest absolute Gasteiger partial charge is 0.480 e. The molecule has 0 spiro atoms. The lowest BCUT2D eigenvalue weighted by atomic mass is 9.49. The Bertz CT molecular complexity index is 521. The molecule has 0 aromatic heterocycles. The maximum atomic E-state index is 11.8. The van der Waals surface area contributed by atoms with Crippen molar-refractivity contribution >= 4 is 11.9 Å². The van der Waals surface area contributed by atoms with E-state index < -0.39 is 17.4 Å². The normalized spacial score (nSPS) is 16.1. The second-order valence-electron chi connectivity index (χ2n) is 12.1. The van der Waals surface area contributed by atoms with Crippen LogP contribution in [0.25, 0.3) is 0 Å². The van der Waals surface area contributed by atoms with Gasteiger partial charge in [-0.1, -0.05) is 155 Å². The number of hydrogen-bond donors (Lipinski definition) is 2. The van der Waals surface area contributed by atoms with Crippen LogP contribution in [0.4, 0.5) is 0 Å². The predicted octanol–water partition coefficient (Wildman–Crippen LogP) is 10.3. The first-order chi connectivity index (χ1) is 17.4. The van der Waals surface area contributed by atoms with Crippen molar-refractivity contribution in [1.82, 2.24) is 0 Å². The minimum atomic E-state index is -1.53. The van der Waals surface area contributed by atoms with Crippen molar-refractivity contribution in [2.75, 3.05) is 0 Å². The number of aliphatic carboxylic acids is 2. The number of hydrogen-bond acceptors (Lipinski definition) is 2. The second-order valence-corrected chi connectivity index (χ2v) is 12.1. The molecule has 0 heterocycles. The summed E-state index contributed by atoms with van der Waals surface area (Å²) in [5, 5.41) is 19.3. The molecule has 0 aromatic carbocycles. The van der Waals surface area contributed by atoms with Gasteiger partial charge in [-0.25, -0.2) is 0 Å². The van der Waals surface area contributed by atoms with Crippen LogP contribution in [-0.4, -0.2) is 22.2 Å². The summed E-state index contributed by atoms with van der Waals surface area (Å²) >= 11 is 0. The van der Waals surface area contributed by atoms with Gasteiger partial charge in [0.1, 0.15) is 0 Å². The van der Waals surface area contributed by atoms with E-state index >= 15 is 0 Å². The monoisotopic (exact) mass is 508 g/mol. The predicted molar refractivity (Wildman–Crippen MR) is 152 cm³/mol. The summed E-state index contributed by atoms with van der Waals surface area (Å²) in [5.74, 6) is -2.27. The fourth-order valence-corrected chi connectivity index (χ4v) is 6.43. The molecule has 1 aliphatic rings. The van der Waals surface area contributed by atoms with Crippen molar-refractivity contribution in [3.05, 3.63) is 0 Å². The Balaban J connectivity index is 2.26. The number of rotatable bonds is 26. The van der Waals surface area contributed by atoms with Crippen molar-refractivity contribution < 1.29 is 19.8 Å². The zero-order valence-electron chi connectivity index (χ0n) is 24.1. The maximum Gasteiger partial charge on any atom is 0.321 e. The van der Waals surface area contributed by atoms with Crippen LogP contribution in [0.15, 0.2) is 0 Å². The molecule has 0 radical (unpaired) electrons. The average molecular weight is 509 g/mol. The first-order valence-electron chi connectivity index (χ1n) is 15.9. The van der Waals surface area contributed by atoms with Crippen molar-refractivity contribution in [3.63, 3.8) is 0 Å².